The van der Waals surface area contributed by atoms with Crippen LogP contribution in [0, 0.1) is 6.92 Å². The smallest absolute Gasteiger partial charge is 0.355 e. The van der Waals surface area contributed by atoms with Gasteiger partial charge in [0.15, 0.2) is 0 Å². The molecule has 0 saturated heterocycles. The van der Waals surface area contributed by atoms with Crippen molar-refractivity contribution < 1.29 is 22.7 Å². The minimum Gasteiger partial charge on any atom is -0.364 e. The fraction of sp³-hybridized carbons (Fsp3) is 0.238. The van der Waals surface area contributed by atoms with Gasteiger partial charge in [-0.15, -0.1) is 11.3 Å². The van der Waals surface area contributed by atoms with E-state index in [0.29, 0.717) is 16.3 Å². The summed E-state index contributed by atoms with van der Waals surface area (Å²) in [5, 5.41) is 17.0. The van der Waals surface area contributed by atoms with Crippen molar-refractivity contribution in [3.8, 4) is 11.3 Å². The molecule has 1 aliphatic heterocycles. The van der Waals surface area contributed by atoms with E-state index in [1.165, 1.54) is 0 Å². The molecule has 0 spiro atoms. The molecule has 2 aromatic carbocycles. The summed E-state index contributed by atoms with van der Waals surface area (Å²) in [4.78, 5) is 4.27. The van der Waals surface area contributed by atoms with Crippen LogP contribution in [0.25, 0.3) is 11.3 Å². The number of thiazole rings is 1. The van der Waals surface area contributed by atoms with E-state index in [-0.39, 0.29) is 10.8 Å². The zero-order valence-electron chi connectivity index (χ0n) is 15.8. The third-order valence-electron chi connectivity index (χ3n) is 4.92. The van der Waals surface area contributed by atoms with Crippen LogP contribution in [0.15, 0.2) is 65.1 Å². The van der Waals surface area contributed by atoms with Gasteiger partial charge in [-0.05, 0) is 12.5 Å². The zero-order chi connectivity index (χ0) is 21.5. The Morgan fingerprint density at radius 1 is 1.07 bits per heavy atom. The molecule has 1 aliphatic rings. The molecule has 3 aromatic rings. The third-order valence-corrected chi connectivity index (χ3v) is 5.74. The van der Waals surface area contributed by atoms with E-state index in [4.69, 9.17) is 0 Å². The van der Waals surface area contributed by atoms with Crippen LogP contribution in [0.2, 0.25) is 0 Å². The number of aryl methyl sites for hydroxylation is 1. The van der Waals surface area contributed by atoms with Crippen LogP contribution >= 0.6 is 11.3 Å². The SMILES string of the molecule is Cc1ccc(C2=NN(c3nc(-c4ccccc4)cs3)[C@@](O)(C(F)(F)C(F)F)C2)cc1. The van der Waals surface area contributed by atoms with Gasteiger partial charge in [-0.1, -0.05) is 60.2 Å². The molecule has 156 valence electrons. The predicted octanol–water partition coefficient (Wildman–Crippen LogP) is 5.32. The number of benzene rings is 2. The number of hydrogen-bond acceptors (Lipinski definition) is 5. The molecular weight excluding hydrogens is 418 g/mol. The van der Waals surface area contributed by atoms with E-state index < -0.39 is 24.5 Å². The lowest BCUT2D eigenvalue weighted by Gasteiger charge is -2.36. The maximum atomic E-state index is 14.5. The van der Waals surface area contributed by atoms with Crippen molar-refractivity contribution in [2.75, 3.05) is 5.01 Å². The minimum atomic E-state index is -4.73. The molecule has 0 radical (unpaired) electrons. The highest BCUT2D eigenvalue weighted by Gasteiger charge is 2.66. The molecule has 1 aromatic heterocycles. The lowest BCUT2D eigenvalue weighted by atomic mass is 9.96. The summed E-state index contributed by atoms with van der Waals surface area (Å²) < 4.78 is 55.5. The molecule has 1 atom stereocenters. The van der Waals surface area contributed by atoms with Crippen molar-refractivity contribution in [1.82, 2.24) is 4.98 Å². The largest absolute Gasteiger partial charge is 0.364 e. The molecule has 0 fully saturated rings. The number of alkyl halides is 4. The summed E-state index contributed by atoms with van der Waals surface area (Å²) in [6.45, 7) is 1.86. The van der Waals surface area contributed by atoms with E-state index in [2.05, 4.69) is 10.1 Å². The van der Waals surface area contributed by atoms with Crippen LogP contribution in [0.4, 0.5) is 22.7 Å². The van der Waals surface area contributed by atoms with Crippen molar-refractivity contribution >= 4 is 22.2 Å². The van der Waals surface area contributed by atoms with Crippen molar-refractivity contribution in [3.63, 3.8) is 0 Å². The van der Waals surface area contributed by atoms with E-state index in [1.807, 2.05) is 13.0 Å². The lowest BCUT2D eigenvalue weighted by Crippen LogP contribution is -2.60. The first-order valence-corrected chi connectivity index (χ1v) is 9.94. The van der Waals surface area contributed by atoms with Crippen LogP contribution < -0.4 is 5.01 Å². The number of halogens is 4. The molecule has 30 heavy (non-hydrogen) atoms. The highest BCUT2D eigenvalue weighted by molar-refractivity contribution is 7.14. The minimum absolute atomic E-state index is 0.0780. The van der Waals surface area contributed by atoms with Crippen molar-refractivity contribution in [2.24, 2.45) is 5.10 Å². The fourth-order valence-corrected chi connectivity index (χ4v) is 4.04. The first kappa shape index (κ1) is 20.5. The number of nitrogens with zero attached hydrogens (tertiary/aromatic N) is 3. The van der Waals surface area contributed by atoms with Crippen LogP contribution in [0.5, 0.6) is 0 Å². The Hall–Kier alpha value is -2.78. The van der Waals surface area contributed by atoms with E-state index in [0.717, 1.165) is 22.5 Å². The van der Waals surface area contributed by atoms with Gasteiger partial charge in [0.05, 0.1) is 11.4 Å². The first-order valence-electron chi connectivity index (χ1n) is 9.06. The summed E-state index contributed by atoms with van der Waals surface area (Å²) in [5.74, 6) is -4.73. The number of hydrogen-bond donors (Lipinski definition) is 1. The van der Waals surface area contributed by atoms with E-state index >= 15 is 0 Å². The quantitative estimate of drug-likeness (QED) is 0.552. The maximum absolute atomic E-state index is 14.5. The Morgan fingerprint density at radius 2 is 1.73 bits per heavy atom. The fourth-order valence-electron chi connectivity index (χ4n) is 3.19. The van der Waals surface area contributed by atoms with Gasteiger partial charge in [-0.3, -0.25) is 0 Å². The summed E-state index contributed by atoms with van der Waals surface area (Å²) >= 11 is 0.941. The van der Waals surface area contributed by atoms with Crippen molar-refractivity contribution in [3.05, 3.63) is 71.1 Å². The monoisotopic (exact) mass is 435 g/mol. The van der Waals surface area contributed by atoms with Gasteiger partial charge >= 0.3 is 12.3 Å². The molecule has 4 rings (SSSR count). The molecule has 9 heteroatoms. The average molecular weight is 435 g/mol. The Bertz CT molecular complexity index is 1070. The third kappa shape index (κ3) is 3.37. The zero-order valence-corrected chi connectivity index (χ0v) is 16.6. The Labute approximate surface area is 174 Å². The highest BCUT2D eigenvalue weighted by atomic mass is 32.1. The van der Waals surface area contributed by atoms with Crippen LogP contribution in [0.3, 0.4) is 0 Å². The molecule has 0 saturated carbocycles. The highest BCUT2D eigenvalue weighted by Crippen LogP contribution is 2.46. The van der Waals surface area contributed by atoms with Crippen molar-refractivity contribution in [2.45, 2.75) is 31.4 Å². The normalized spacial score (nSPS) is 19.4. The van der Waals surface area contributed by atoms with Gasteiger partial charge < -0.3 is 5.11 Å². The van der Waals surface area contributed by atoms with E-state index in [9.17, 15) is 22.7 Å². The van der Waals surface area contributed by atoms with Gasteiger partial charge in [0.2, 0.25) is 10.9 Å². The lowest BCUT2D eigenvalue weighted by molar-refractivity contribution is -0.237. The Kier molecular flexibility index (Phi) is 5.11. The topological polar surface area (TPSA) is 48.7 Å². The number of aromatic nitrogens is 1. The second-order valence-corrected chi connectivity index (χ2v) is 7.86. The summed E-state index contributed by atoms with van der Waals surface area (Å²) in [6.07, 6.45) is -4.85. The van der Waals surface area contributed by atoms with Crippen molar-refractivity contribution in [1.29, 1.82) is 0 Å². The van der Waals surface area contributed by atoms with Crippen LogP contribution in [0.1, 0.15) is 17.5 Å². The van der Waals surface area contributed by atoms with Gasteiger partial charge in [-0.2, -0.15) is 18.9 Å². The molecule has 0 aliphatic carbocycles. The number of hydrazone groups is 1. The van der Waals surface area contributed by atoms with E-state index in [1.54, 1.807) is 53.9 Å². The summed E-state index contributed by atoms with van der Waals surface area (Å²) in [6, 6.07) is 15.8. The predicted molar refractivity (Wildman–Crippen MR) is 108 cm³/mol. The number of aliphatic hydroxyl groups is 1. The molecule has 0 bridgehead atoms. The first-order chi connectivity index (χ1) is 14.2. The van der Waals surface area contributed by atoms with Crippen LogP contribution in [-0.2, 0) is 0 Å². The Morgan fingerprint density at radius 3 is 2.37 bits per heavy atom. The second kappa shape index (κ2) is 7.48. The molecule has 0 amide bonds. The average Bonchev–Trinajstić information content (AvgIpc) is 3.35. The molecule has 0 unspecified atom stereocenters. The summed E-state index contributed by atoms with van der Waals surface area (Å²) in [7, 11) is 0. The Balaban J connectivity index is 1.78. The summed E-state index contributed by atoms with van der Waals surface area (Å²) in [5.41, 5.74) is -0.563. The molecule has 2 heterocycles. The molecule has 1 N–H and O–H groups in total. The maximum Gasteiger partial charge on any atom is 0.355 e. The van der Waals surface area contributed by atoms with Gasteiger partial charge in [-0.25, -0.2) is 13.8 Å². The van der Waals surface area contributed by atoms with Gasteiger partial charge in [0, 0.05) is 17.4 Å². The van der Waals surface area contributed by atoms with Crippen LogP contribution in [-0.4, -0.2) is 33.9 Å². The number of anilines is 1. The standard InChI is InChI=1S/C21H17F4N3OS/c1-13-7-9-15(10-8-13)16-11-20(29,21(24,25)18(22)23)28(27-16)19-26-17(12-30-19)14-5-3-2-4-6-14/h2-10,12,18,29H,11H2,1H3/t20-/m0/s1. The molecule has 4 nitrogen and oxygen atoms in total. The second-order valence-electron chi connectivity index (χ2n) is 7.02. The van der Waals surface area contributed by atoms with Gasteiger partial charge in [0.1, 0.15) is 0 Å². The van der Waals surface area contributed by atoms with Gasteiger partial charge in [0.25, 0.3) is 0 Å². The molecular formula is C21H17F4N3OS. The number of rotatable bonds is 5.